The van der Waals surface area contributed by atoms with Gasteiger partial charge in [0.1, 0.15) is 5.82 Å². The number of rotatable bonds is 0. The van der Waals surface area contributed by atoms with E-state index in [0.717, 1.165) is 16.3 Å². The van der Waals surface area contributed by atoms with Gasteiger partial charge in [0.25, 0.3) is 0 Å². The second-order valence-electron chi connectivity index (χ2n) is 5.02. The van der Waals surface area contributed by atoms with Crippen LogP contribution in [0.3, 0.4) is 0 Å². The Morgan fingerprint density at radius 1 is 1.06 bits per heavy atom. The van der Waals surface area contributed by atoms with E-state index >= 15 is 0 Å². The molecule has 0 heterocycles. The molecule has 16 heavy (non-hydrogen) atoms. The lowest BCUT2D eigenvalue weighted by Gasteiger charge is -2.22. The lowest BCUT2D eigenvalue weighted by molar-refractivity contribution is 0.594. The minimum atomic E-state index is -0.356. The van der Waals surface area contributed by atoms with Crippen molar-refractivity contribution in [1.29, 1.82) is 0 Å². The largest absolute Gasteiger partial charge is 0.205 e. The molecule has 2 rings (SSSR count). The van der Waals surface area contributed by atoms with Crippen LogP contribution in [-0.4, -0.2) is 0 Å². The Bertz CT molecular complexity index is 538. The molecule has 0 aromatic heterocycles. The summed E-state index contributed by atoms with van der Waals surface area (Å²) in [5.74, 6) is -0.356. The number of hydrogen-bond acceptors (Lipinski definition) is 0. The Morgan fingerprint density at radius 2 is 1.75 bits per heavy atom. The minimum absolute atomic E-state index is 0.0447. The van der Waals surface area contributed by atoms with Crippen LogP contribution in [0.15, 0.2) is 30.3 Å². The minimum Gasteiger partial charge on any atom is -0.205 e. The maximum atomic E-state index is 13.5. The van der Waals surface area contributed by atoms with Gasteiger partial charge in [0.05, 0.1) is 5.02 Å². The summed E-state index contributed by atoms with van der Waals surface area (Å²) in [4.78, 5) is 0. The lowest BCUT2D eigenvalue weighted by atomic mass is 9.84. The second-order valence-corrected chi connectivity index (χ2v) is 5.39. The van der Waals surface area contributed by atoms with Gasteiger partial charge in [-0.15, -0.1) is 0 Å². The molecule has 0 unspecified atom stereocenters. The van der Waals surface area contributed by atoms with Gasteiger partial charge in [0.15, 0.2) is 0 Å². The molecule has 0 aliphatic heterocycles. The summed E-state index contributed by atoms with van der Waals surface area (Å²) in [6.07, 6.45) is 0. The molecule has 2 aromatic rings. The van der Waals surface area contributed by atoms with Gasteiger partial charge < -0.3 is 0 Å². The Morgan fingerprint density at radius 3 is 2.38 bits per heavy atom. The molecular formula is C14H14ClF. The molecule has 2 aromatic carbocycles. The zero-order valence-corrected chi connectivity index (χ0v) is 10.4. The first-order valence-electron chi connectivity index (χ1n) is 5.28. The van der Waals surface area contributed by atoms with Gasteiger partial charge in [-0.2, -0.15) is 0 Å². The van der Waals surface area contributed by atoms with E-state index in [4.69, 9.17) is 11.6 Å². The fraction of sp³-hybridized carbons (Fsp3) is 0.286. The molecule has 0 fully saturated rings. The highest BCUT2D eigenvalue weighted by atomic mass is 35.5. The molecule has 0 spiro atoms. The molecule has 0 radical (unpaired) electrons. The molecule has 0 aliphatic carbocycles. The molecular weight excluding hydrogens is 223 g/mol. The van der Waals surface area contributed by atoms with Crippen LogP contribution in [0.5, 0.6) is 0 Å². The first-order chi connectivity index (χ1) is 7.41. The maximum absolute atomic E-state index is 13.5. The zero-order valence-electron chi connectivity index (χ0n) is 9.64. The molecule has 0 atom stereocenters. The molecule has 0 N–H and O–H groups in total. The van der Waals surface area contributed by atoms with E-state index in [1.807, 2.05) is 18.2 Å². The van der Waals surface area contributed by atoms with Gasteiger partial charge in [0, 0.05) is 5.39 Å². The standard InChI is InChI=1S/C14H14ClF/c1-14(2,3)10-6-4-5-9-7-8-11(16)13(15)12(9)10/h4-8H,1-3H3. The summed E-state index contributed by atoms with van der Waals surface area (Å²) in [6, 6.07) is 9.13. The SMILES string of the molecule is CC(C)(C)c1cccc2ccc(F)c(Cl)c12. The van der Waals surface area contributed by atoms with E-state index in [2.05, 4.69) is 20.8 Å². The van der Waals surface area contributed by atoms with E-state index in [1.165, 1.54) is 6.07 Å². The van der Waals surface area contributed by atoms with Crippen molar-refractivity contribution in [2.24, 2.45) is 0 Å². The monoisotopic (exact) mass is 236 g/mol. The second kappa shape index (κ2) is 3.74. The molecule has 0 amide bonds. The summed E-state index contributed by atoms with van der Waals surface area (Å²) < 4.78 is 13.5. The van der Waals surface area contributed by atoms with Crippen LogP contribution in [0, 0.1) is 5.82 Å². The van der Waals surface area contributed by atoms with Gasteiger partial charge >= 0.3 is 0 Å². The third-order valence-corrected chi connectivity index (χ3v) is 3.11. The van der Waals surface area contributed by atoms with Gasteiger partial charge in [0.2, 0.25) is 0 Å². The van der Waals surface area contributed by atoms with E-state index < -0.39 is 0 Å². The number of hydrogen-bond donors (Lipinski definition) is 0. The summed E-state index contributed by atoms with van der Waals surface area (Å²) in [5.41, 5.74) is 1.03. The van der Waals surface area contributed by atoms with E-state index in [1.54, 1.807) is 6.07 Å². The third kappa shape index (κ3) is 1.80. The smallest absolute Gasteiger partial charge is 0.142 e. The van der Waals surface area contributed by atoms with Crippen molar-refractivity contribution in [1.82, 2.24) is 0 Å². The highest BCUT2D eigenvalue weighted by Gasteiger charge is 2.19. The first kappa shape index (κ1) is 11.4. The van der Waals surface area contributed by atoms with Crippen molar-refractivity contribution in [2.75, 3.05) is 0 Å². The van der Waals surface area contributed by atoms with Gasteiger partial charge in [-0.05, 0) is 22.4 Å². The van der Waals surface area contributed by atoms with E-state index in [9.17, 15) is 4.39 Å². The molecule has 0 bridgehead atoms. The molecule has 84 valence electrons. The van der Waals surface area contributed by atoms with Crippen LogP contribution in [0.1, 0.15) is 26.3 Å². The van der Waals surface area contributed by atoms with Crippen molar-refractivity contribution in [3.8, 4) is 0 Å². The van der Waals surface area contributed by atoms with Gasteiger partial charge in [-0.1, -0.05) is 56.6 Å². The van der Waals surface area contributed by atoms with Crippen molar-refractivity contribution in [3.63, 3.8) is 0 Å². The number of halogens is 2. The summed E-state index contributed by atoms with van der Waals surface area (Å²) >= 11 is 6.06. The van der Waals surface area contributed by atoms with E-state index in [-0.39, 0.29) is 16.3 Å². The first-order valence-corrected chi connectivity index (χ1v) is 5.66. The quantitative estimate of drug-likeness (QED) is 0.608. The number of benzene rings is 2. The zero-order chi connectivity index (χ0) is 11.9. The normalized spacial score (nSPS) is 12.1. The van der Waals surface area contributed by atoms with E-state index in [0.29, 0.717) is 0 Å². The van der Waals surface area contributed by atoms with Crippen molar-refractivity contribution < 1.29 is 4.39 Å². The van der Waals surface area contributed by atoms with Crippen LogP contribution in [0.4, 0.5) is 4.39 Å². The summed E-state index contributed by atoms with van der Waals surface area (Å²) in [6.45, 7) is 6.30. The molecule has 2 heteroatoms. The summed E-state index contributed by atoms with van der Waals surface area (Å²) in [7, 11) is 0. The van der Waals surface area contributed by atoms with Crippen LogP contribution in [-0.2, 0) is 5.41 Å². The lowest BCUT2D eigenvalue weighted by Crippen LogP contribution is -2.11. The Labute approximate surface area is 100 Å². The van der Waals surface area contributed by atoms with Crippen LogP contribution in [0.2, 0.25) is 5.02 Å². The average molecular weight is 237 g/mol. The Kier molecular flexibility index (Phi) is 2.67. The highest BCUT2D eigenvalue weighted by Crippen LogP contribution is 2.35. The van der Waals surface area contributed by atoms with Crippen LogP contribution >= 0.6 is 11.6 Å². The van der Waals surface area contributed by atoms with Crippen molar-refractivity contribution in [2.45, 2.75) is 26.2 Å². The van der Waals surface area contributed by atoms with Crippen molar-refractivity contribution >= 4 is 22.4 Å². The molecule has 0 aliphatic rings. The number of fused-ring (bicyclic) bond motifs is 1. The van der Waals surface area contributed by atoms with Crippen LogP contribution in [0.25, 0.3) is 10.8 Å². The Balaban J connectivity index is 2.91. The molecule has 0 saturated carbocycles. The highest BCUT2D eigenvalue weighted by molar-refractivity contribution is 6.36. The van der Waals surface area contributed by atoms with Crippen molar-refractivity contribution in [3.05, 3.63) is 46.7 Å². The molecule has 0 nitrogen and oxygen atoms in total. The molecule has 0 saturated heterocycles. The average Bonchev–Trinajstić information content (AvgIpc) is 2.21. The fourth-order valence-corrected chi connectivity index (χ4v) is 2.21. The third-order valence-electron chi connectivity index (χ3n) is 2.74. The maximum Gasteiger partial charge on any atom is 0.142 e. The van der Waals surface area contributed by atoms with Gasteiger partial charge in [-0.25, -0.2) is 4.39 Å². The fourth-order valence-electron chi connectivity index (χ4n) is 1.93. The van der Waals surface area contributed by atoms with Gasteiger partial charge in [-0.3, -0.25) is 0 Å². The van der Waals surface area contributed by atoms with Crippen LogP contribution < -0.4 is 0 Å². The summed E-state index contributed by atoms with van der Waals surface area (Å²) in [5, 5.41) is 2.04. The Hall–Kier alpha value is -1.08. The topological polar surface area (TPSA) is 0 Å². The predicted octanol–water partition coefficient (Wildman–Crippen LogP) is 4.93. The predicted molar refractivity (Wildman–Crippen MR) is 67.6 cm³/mol.